The normalized spacial score (nSPS) is 9.20. The molecule has 98 valence electrons. The maximum Gasteiger partial charge on any atom is 0.139 e. The van der Waals surface area contributed by atoms with E-state index in [1.54, 1.807) is 24.5 Å². The van der Waals surface area contributed by atoms with Crippen molar-refractivity contribution < 1.29 is 4.74 Å². The zero-order chi connectivity index (χ0) is 14.2. The highest BCUT2D eigenvalue weighted by atomic mass is 16.5. The molecule has 1 aromatic heterocycles. The Kier molecular flexibility index (Phi) is 4.72. The Hall–Kier alpha value is -2.82. The number of aromatic nitrogens is 1. The van der Waals surface area contributed by atoms with Gasteiger partial charge in [-0.2, -0.15) is 5.26 Å². The van der Waals surface area contributed by atoms with Crippen LogP contribution in [0.15, 0.2) is 42.7 Å². The number of pyridine rings is 1. The van der Waals surface area contributed by atoms with Crippen molar-refractivity contribution >= 4 is 0 Å². The summed E-state index contributed by atoms with van der Waals surface area (Å²) in [6.45, 7) is 0.734. The van der Waals surface area contributed by atoms with Gasteiger partial charge in [-0.25, -0.2) is 0 Å². The Bertz CT molecular complexity index is 675. The summed E-state index contributed by atoms with van der Waals surface area (Å²) in [5, 5.41) is 8.73. The van der Waals surface area contributed by atoms with Gasteiger partial charge in [-0.15, -0.1) is 0 Å². The van der Waals surface area contributed by atoms with Crippen LogP contribution < -0.4 is 10.5 Å². The molecule has 1 aromatic carbocycles. The number of rotatable bonds is 3. The topological polar surface area (TPSA) is 71.9 Å². The lowest BCUT2D eigenvalue weighted by molar-refractivity contribution is 0.305. The zero-order valence-electron chi connectivity index (χ0n) is 10.8. The molecular weight excluding hydrogens is 250 g/mol. The third-order valence-corrected chi connectivity index (χ3v) is 2.54. The summed E-state index contributed by atoms with van der Waals surface area (Å²) < 4.78 is 5.64. The predicted molar refractivity (Wildman–Crippen MR) is 75.7 cm³/mol. The number of hydrogen-bond acceptors (Lipinski definition) is 4. The molecule has 1 heterocycles. The smallest absolute Gasteiger partial charge is 0.139 e. The van der Waals surface area contributed by atoms with Crippen LogP contribution in [-0.2, 0) is 6.61 Å². The van der Waals surface area contributed by atoms with Gasteiger partial charge >= 0.3 is 0 Å². The highest BCUT2D eigenvalue weighted by Crippen LogP contribution is 2.13. The van der Waals surface area contributed by atoms with Gasteiger partial charge in [0.25, 0.3) is 0 Å². The quantitative estimate of drug-likeness (QED) is 0.858. The lowest BCUT2D eigenvalue weighted by atomic mass is 10.2. The number of hydrogen-bond donors (Lipinski definition) is 1. The van der Waals surface area contributed by atoms with E-state index in [1.165, 1.54) is 0 Å². The number of benzene rings is 1. The highest BCUT2D eigenvalue weighted by Gasteiger charge is 1.98. The molecule has 0 amide bonds. The molecule has 0 spiro atoms. The number of nitriles is 1. The fourth-order valence-corrected chi connectivity index (χ4v) is 1.56. The Morgan fingerprint density at radius 1 is 1.15 bits per heavy atom. The third kappa shape index (κ3) is 3.84. The molecule has 0 radical (unpaired) electrons. The maximum absolute atomic E-state index is 8.73. The van der Waals surface area contributed by atoms with Crippen LogP contribution in [0, 0.1) is 23.2 Å². The SMILES string of the molecule is N#Cc1ccc(COc2cncc(C#CCN)c2)cc1. The molecule has 0 saturated heterocycles. The molecule has 0 aliphatic rings. The lowest BCUT2D eigenvalue weighted by Gasteiger charge is -2.06. The number of nitrogens with two attached hydrogens (primary N) is 1. The van der Waals surface area contributed by atoms with Crippen molar-refractivity contribution in [2.45, 2.75) is 6.61 Å². The predicted octanol–water partition coefficient (Wildman–Crippen LogP) is 1.84. The largest absolute Gasteiger partial charge is 0.487 e. The second-order valence-corrected chi connectivity index (χ2v) is 4.01. The standard InChI is InChI=1S/C16H13N3O/c17-7-1-2-15-8-16(11-19-10-15)20-12-14-5-3-13(9-18)4-6-14/h3-6,8,10-11H,7,12,17H2. The number of nitrogens with zero attached hydrogens (tertiary/aromatic N) is 2. The molecule has 0 unspecified atom stereocenters. The van der Waals surface area contributed by atoms with E-state index in [1.807, 2.05) is 18.2 Å². The van der Waals surface area contributed by atoms with Crippen LogP contribution in [0.5, 0.6) is 5.75 Å². The summed E-state index contributed by atoms with van der Waals surface area (Å²) in [4.78, 5) is 4.07. The van der Waals surface area contributed by atoms with Crippen molar-refractivity contribution in [1.29, 1.82) is 5.26 Å². The van der Waals surface area contributed by atoms with Gasteiger partial charge in [-0.05, 0) is 23.8 Å². The second-order valence-electron chi connectivity index (χ2n) is 4.01. The van der Waals surface area contributed by atoms with E-state index < -0.39 is 0 Å². The van der Waals surface area contributed by atoms with Crippen molar-refractivity contribution in [2.24, 2.45) is 5.73 Å². The van der Waals surface area contributed by atoms with E-state index in [0.29, 0.717) is 24.5 Å². The zero-order valence-corrected chi connectivity index (χ0v) is 10.8. The van der Waals surface area contributed by atoms with Crippen molar-refractivity contribution in [3.05, 3.63) is 59.4 Å². The molecule has 2 rings (SSSR count). The Morgan fingerprint density at radius 3 is 2.65 bits per heavy atom. The van der Waals surface area contributed by atoms with Crippen LogP contribution in [0.3, 0.4) is 0 Å². The van der Waals surface area contributed by atoms with Crippen molar-refractivity contribution in [1.82, 2.24) is 4.98 Å². The van der Waals surface area contributed by atoms with E-state index in [9.17, 15) is 0 Å². The van der Waals surface area contributed by atoms with Gasteiger partial charge in [-0.1, -0.05) is 24.0 Å². The monoisotopic (exact) mass is 263 g/mol. The molecule has 20 heavy (non-hydrogen) atoms. The maximum atomic E-state index is 8.73. The van der Waals surface area contributed by atoms with Gasteiger partial charge in [0.15, 0.2) is 0 Å². The molecule has 0 aliphatic carbocycles. The van der Waals surface area contributed by atoms with E-state index in [2.05, 4.69) is 22.9 Å². The van der Waals surface area contributed by atoms with Crippen LogP contribution >= 0.6 is 0 Å². The van der Waals surface area contributed by atoms with Crippen LogP contribution in [0.4, 0.5) is 0 Å². The fourth-order valence-electron chi connectivity index (χ4n) is 1.56. The molecule has 4 heteroatoms. The van der Waals surface area contributed by atoms with Gasteiger partial charge in [-0.3, -0.25) is 4.98 Å². The van der Waals surface area contributed by atoms with Crippen molar-refractivity contribution in [2.75, 3.05) is 6.54 Å². The molecule has 0 atom stereocenters. The average molecular weight is 263 g/mol. The van der Waals surface area contributed by atoms with Crippen molar-refractivity contribution in [3.63, 3.8) is 0 Å². The highest BCUT2D eigenvalue weighted by molar-refractivity contribution is 5.37. The minimum absolute atomic E-state index is 0.316. The molecule has 0 fully saturated rings. The Morgan fingerprint density at radius 2 is 1.95 bits per heavy atom. The van der Waals surface area contributed by atoms with E-state index >= 15 is 0 Å². The molecular formula is C16H13N3O. The summed E-state index contributed by atoms with van der Waals surface area (Å²) in [6.07, 6.45) is 3.30. The minimum Gasteiger partial charge on any atom is -0.487 e. The Balaban J connectivity index is 2.01. The minimum atomic E-state index is 0.316. The first-order valence-electron chi connectivity index (χ1n) is 6.07. The van der Waals surface area contributed by atoms with Crippen LogP contribution in [0.1, 0.15) is 16.7 Å². The van der Waals surface area contributed by atoms with Crippen LogP contribution in [0.25, 0.3) is 0 Å². The summed E-state index contributed by atoms with van der Waals surface area (Å²) in [5.41, 5.74) is 7.72. The molecule has 0 aliphatic heterocycles. The second kappa shape index (κ2) is 6.94. The van der Waals surface area contributed by atoms with E-state index in [4.69, 9.17) is 15.7 Å². The summed E-state index contributed by atoms with van der Waals surface area (Å²) in [6, 6.07) is 11.2. The van der Waals surface area contributed by atoms with Crippen molar-refractivity contribution in [3.8, 4) is 23.7 Å². The molecule has 0 bridgehead atoms. The fraction of sp³-hybridized carbons (Fsp3) is 0.125. The van der Waals surface area contributed by atoms with Gasteiger partial charge < -0.3 is 10.5 Å². The van der Waals surface area contributed by atoms with Gasteiger partial charge in [0.2, 0.25) is 0 Å². The number of ether oxygens (including phenoxy) is 1. The Labute approximate surface area is 117 Å². The van der Waals surface area contributed by atoms with Gasteiger partial charge in [0, 0.05) is 11.8 Å². The summed E-state index contributed by atoms with van der Waals surface area (Å²) in [7, 11) is 0. The van der Waals surface area contributed by atoms with Gasteiger partial charge in [0.05, 0.1) is 24.4 Å². The molecule has 0 saturated carbocycles. The molecule has 2 aromatic rings. The first kappa shape index (κ1) is 13.6. The van der Waals surface area contributed by atoms with Crippen LogP contribution in [-0.4, -0.2) is 11.5 Å². The van der Waals surface area contributed by atoms with Crippen LogP contribution in [0.2, 0.25) is 0 Å². The molecule has 4 nitrogen and oxygen atoms in total. The molecule has 2 N–H and O–H groups in total. The van der Waals surface area contributed by atoms with E-state index in [-0.39, 0.29) is 0 Å². The summed E-state index contributed by atoms with van der Waals surface area (Å²) >= 11 is 0. The first-order valence-corrected chi connectivity index (χ1v) is 6.07. The summed E-state index contributed by atoms with van der Waals surface area (Å²) in [5.74, 6) is 6.33. The first-order chi connectivity index (χ1) is 9.81. The van der Waals surface area contributed by atoms with E-state index in [0.717, 1.165) is 11.1 Å². The third-order valence-electron chi connectivity index (χ3n) is 2.54. The average Bonchev–Trinajstić information content (AvgIpc) is 2.52. The van der Waals surface area contributed by atoms with Gasteiger partial charge in [0.1, 0.15) is 12.4 Å². The lowest BCUT2D eigenvalue weighted by Crippen LogP contribution is -1.96.